The van der Waals surface area contributed by atoms with E-state index in [-0.39, 0.29) is 17.6 Å². The van der Waals surface area contributed by atoms with E-state index in [1.165, 1.54) is 12.1 Å². The predicted molar refractivity (Wildman–Crippen MR) is 119 cm³/mol. The number of amides is 2. The Balaban J connectivity index is 1.41. The Hall–Kier alpha value is -3.54. The van der Waals surface area contributed by atoms with Crippen molar-refractivity contribution in [3.8, 4) is 11.5 Å². The van der Waals surface area contributed by atoms with Crippen LogP contribution in [-0.4, -0.2) is 59.0 Å². The molecule has 4 rings (SSSR count). The van der Waals surface area contributed by atoms with Gasteiger partial charge in [-0.25, -0.2) is 0 Å². The third-order valence-corrected chi connectivity index (χ3v) is 5.61. The lowest BCUT2D eigenvalue weighted by molar-refractivity contribution is -0.137. The zero-order valence-electron chi connectivity index (χ0n) is 17.5. The zero-order valence-corrected chi connectivity index (χ0v) is 17.5. The van der Waals surface area contributed by atoms with E-state index >= 15 is 0 Å². The SMILES string of the molecule is CC(Oc1ccc(O)cc1)C(=O)N1CCCN(C(=O)c2cccc3ccccc23)CC1. The van der Waals surface area contributed by atoms with Crippen molar-refractivity contribution in [1.29, 1.82) is 0 Å². The van der Waals surface area contributed by atoms with Crippen LogP contribution in [0, 0.1) is 0 Å². The van der Waals surface area contributed by atoms with Crippen molar-refractivity contribution in [1.82, 2.24) is 9.80 Å². The van der Waals surface area contributed by atoms with Crippen LogP contribution in [0.2, 0.25) is 0 Å². The van der Waals surface area contributed by atoms with E-state index in [0.29, 0.717) is 43.9 Å². The van der Waals surface area contributed by atoms with Gasteiger partial charge in [-0.2, -0.15) is 0 Å². The molecule has 1 unspecified atom stereocenters. The smallest absolute Gasteiger partial charge is 0.263 e. The molecule has 2 amide bonds. The van der Waals surface area contributed by atoms with E-state index in [1.54, 1.807) is 24.0 Å². The first-order chi connectivity index (χ1) is 15.0. The number of carbonyl (C=O) groups excluding carboxylic acids is 2. The van der Waals surface area contributed by atoms with Gasteiger partial charge >= 0.3 is 0 Å². The highest BCUT2D eigenvalue weighted by atomic mass is 16.5. The molecule has 1 fully saturated rings. The molecule has 1 heterocycles. The second-order valence-corrected chi connectivity index (χ2v) is 7.75. The van der Waals surface area contributed by atoms with Gasteiger partial charge in [0.15, 0.2) is 6.10 Å². The molecule has 1 atom stereocenters. The molecule has 3 aromatic carbocycles. The predicted octanol–water partition coefficient (Wildman–Crippen LogP) is 3.69. The molecule has 1 N–H and O–H groups in total. The van der Waals surface area contributed by atoms with Gasteiger partial charge in [-0.3, -0.25) is 9.59 Å². The summed E-state index contributed by atoms with van der Waals surface area (Å²) in [6.07, 6.45) is 0.0682. The quantitative estimate of drug-likeness (QED) is 0.702. The number of aromatic hydroxyl groups is 1. The minimum atomic E-state index is -0.648. The van der Waals surface area contributed by atoms with Gasteiger partial charge in [0, 0.05) is 31.7 Å². The van der Waals surface area contributed by atoms with Crippen LogP contribution in [0.25, 0.3) is 10.8 Å². The number of nitrogens with zero attached hydrogens (tertiary/aromatic N) is 2. The maximum absolute atomic E-state index is 13.2. The van der Waals surface area contributed by atoms with Gasteiger partial charge in [0.05, 0.1) is 0 Å². The van der Waals surface area contributed by atoms with Crippen molar-refractivity contribution in [2.24, 2.45) is 0 Å². The van der Waals surface area contributed by atoms with Crippen LogP contribution < -0.4 is 4.74 Å². The molecule has 1 aliphatic heterocycles. The largest absolute Gasteiger partial charge is 0.508 e. The first kappa shape index (κ1) is 20.7. The third kappa shape index (κ3) is 4.63. The molecule has 0 spiro atoms. The zero-order chi connectivity index (χ0) is 21.8. The van der Waals surface area contributed by atoms with Crippen molar-refractivity contribution in [2.75, 3.05) is 26.2 Å². The van der Waals surface area contributed by atoms with E-state index in [0.717, 1.165) is 10.8 Å². The minimum absolute atomic E-state index is 0.000472. The van der Waals surface area contributed by atoms with Gasteiger partial charge in [0.2, 0.25) is 0 Å². The molecule has 0 aliphatic carbocycles. The monoisotopic (exact) mass is 418 g/mol. The van der Waals surface area contributed by atoms with Crippen molar-refractivity contribution >= 4 is 22.6 Å². The molecule has 1 aliphatic rings. The summed E-state index contributed by atoms with van der Waals surface area (Å²) < 4.78 is 5.73. The number of phenols is 1. The number of hydrogen-bond acceptors (Lipinski definition) is 4. The fraction of sp³-hybridized carbons (Fsp3) is 0.280. The Morgan fingerprint density at radius 2 is 1.55 bits per heavy atom. The lowest BCUT2D eigenvalue weighted by Crippen LogP contribution is -2.43. The summed E-state index contributed by atoms with van der Waals surface area (Å²) in [4.78, 5) is 29.7. The standard InChI is InChI=1S/C25H26N2O4/c1-18(31-21-12-10-20(28)11-13-21)24(29)26-14-5-15-27(17-16-26)25(30)23-9-4-7-19-6-2-3-8-22(19)23/h2-4,6-13,18,28H,5,14-17H2,1H3. The molecule has 6 nitrogen and oxygen atoms in total. The summed E-state index contributed by atoms with van der Waals surface area (Å²) >= 11 is 0. The number of benzene rings is 3. The molecule has 0 bridgehead atoms. The first-order valence-corrected chi connectivity index (χ1v) is 10.5. The van der Waals surface area contributed by atoms with Gasteiger partial charge in [0.1, 0.15) is 11.5 Å². The number of carbonyl (C=O) groups is 2. The molecule has 0 radical (unpaired) electrons. The van der Waals surface area contributed by atoms with Gasteiger partial charge in [0.25, 0.3) is 11.8 Å². The average molecular weight is 418 g/mol. The summed E-state index contributed by atoms with van der Waals surface area (Å²) in [5, 5.41) is 11.4. The third-order valence-electron chi connectivity index (χ3n) is 5.61. The Kier molecular flexibility index (Phi) is 6.07. The maximum atomic E-state index is 13.2. The Bertz CT molecular complexity index is 1080. The molecule has 0 saturated carbocycles. The lowest BCUT2D eigenvalue weighted by atomic mass is 10.0. The molecule has 31 heavy (non-hydrogen) atoms. The highest BCUT2D eigenvalue weighted by Crippen LogP contribution is 2.21. The summed E-state index contributed by atoms with van der Waals surface area (Å²) in [7, 11) is 0. The fourth-order valence-electron chi connectivity index (χ4n) is 3.96. The Labute approximate surface area is 181 Å². The molecular weight excluding hydrogens is 392 g/mol. The number of rotatable bonds is 4. The molecular formula is C25H26N2O4. The van der Waals surface area contributed by atoms with Gasteiger partial charge < -0.3 is 19.6 Å². The van der Waals surface area contributed by atoms with E-state index in [1.807, 2.05) is 47.4 Å². The number of ether oxygens (including phenoxy) is 1. The van der Waals surface area contributed by atoms with Crippen LogP contribution in [0.15, 0.2) is 66.7 Å². The number of hydrogen-bond donors (Lipinski definition) is 1. The van der Waals surface area contributed by atoms with Crippen LogP contribution in [0.4, 0.5) is 0 Å². The number of phenolic OH excluding ortho intramolecular Hbond substituents is 1. The van der Waals surface area contributed by atoms with Crippen LogP contribution in [0.3, 0.4) is 0 Å². The maximum Gasteiger partial charge on any atom is 0.263 e. The minimum Gasteiger partial charge on any atom is -0.508 e. The highest BCUT2D eigenvalue weighted by molar-refractivity contribution is 6.07. The second-order valence-electron chi connectivity index (χ2n) is 7.75. The Morgan fingerprint density at radius 3 is 2.35 bits per heavy atom. The molecule has 160 valence electrons. The highest BCUT2D eigenvalue weighted by Gasteiger charge is 2.27. The molecule has 3 aromatic rings. The van der Waals surface area contributed by atoms with Crippen LogP contribution in [0.5, 0.6) is 11.5 Å². The van der Waals surface area contributed by atoms with Crippen LogP contribution in [-0.2, 0) is 4.79 Å². The second kappa shape index (κ2) is 9.08. The molecule has 1 saturated heterocycles. The van der Waals surface area contributed by atoms with Crippen LogP contribution >= 0.6 is 0 Å². The summed E-state index contributed by atoms with van der Waals surface area (Å²) in [6, 6.07) is 20.0. The van der Waals surface area contributed by atoms with Crippen molar-refractivity contribution in [3.05, 3.63) is 72.3 Å². The number of fused-ring (bicyclic) bond motifs is 1. The lowest BCUT2D eigenvalue weighted by Gasteiger charge is -2.25. The van der Waals surface area contributed by atoms with E-state index < -0.39 is 6.10 Å². The van der Waals surface area contributed by atoms with E-state index in [4.69, 9.17) is 4.74 Å². The van der Waals surface area contributed by atoms with Gasteiger partial charge in [-0.05, 0) is 54.4 Å². The normalized spacial score (nSPS) is 15.4. The van der Waals surface area contributed by atoms with Crippen molar-refractivity contribution in [2.45, 2.75) is 19.4 Å². The Morgan fingerprint density at radius 1 is 0.871 bits per heavy atom. The van der Waals surface area contributed by atoms with Crippen molar-refractivity contribution in [3.63, 3.8) is 0 Å². The molecule has 0 aromatic heterocycles. The molecule has 6 heteroatoms. The van der Waals surface area contributed by atoms with E-state index in [2.05, 4.69) is 0 Å². The summed E-state index contributed by atoms with van der Waals surface area (Å²) in [6.45, 7) is 3.87. The van der Waals surface area contributed by atoms with Crippen molar-refractivity contribution < 1.29 is 19.4 Å². The van der Waals surface area contributed by atoms with E-state index in [9.17, 15) is 14.7 Å². The fourth-order valence-corrected chi connectivity index (χ4v) is 3.96. The first-order valence-electron chi connectivity index (χ1n) is 10.5. The van der Waals surface area contributed by atoms with Gasteiger partial charge in [-0.1, -0.05) is 36.4 Å². The summed E-state index contributed by atoms with van der Waals surface area (Å²) in [5.74, 6) is 0.572. The average Bonchev–Trinajstić information content (AvgIpc) is 3.05. The van der Waals surface area contributed by atoms with Gasteiger partial charge in [-0.15, -0.1) is 0 Å². The topological polar surface area (TPSA) is 70.1 Å². The van der Waals surface area contributed by atoms with Crippen LogP contribution in [0.1, 0.15) is 23.7 Å². The summed E-state index contributed by atoms with van der Waals surface area (Å²) in [5.41, 5.74) is 0.696.